The van der Waals surface area contributed by atoms with Crippen molar-refractivity contribution in [2.24, 2.45) is 0 Å². The highest BCUT2D eigenvalue weighted by atomic mass is 32.2. The first-order valence-electron chi connectivity index (χ1n) is 9.30. The molecule has 172 valence electrons. The fraction of sp³-hybridized carbons (Fsp3) is 0.200. The van der Waals surface area contributed by atoms with E-state index >= 15 is 0 Å². The van der Waals surface area contributed by atoms with Gasteiger partial charge in [-0.2, -0.15) is 18.4 Å². The van der Waals surface area contributed by atoms with E-state index in [1.165, 1.54) is 31.5 Å². The van der Waals surface area contributed by atoms with Crippen LogP contribution in [0.3, 0.4) is 0 Å². The molecular formula is C20H15F3N4O4S2. The maximum Gasteiger partial charge on any atom is 0.416 e. The van der Waals surface area contributed by atoms with Crippen LogP contribution in [0.15, 0.2) is 46.8 Å². The Morgan fingerprint density at radius 3 is 2.70 bits per heavy atom. The number of nitrogens with zero attached hydrogens (tertiary/aromatic N) is 3. The summed E-state index contributed by atoms with van der Waals surface area (Å²) in [5.41, 5.74) is -0.400. The van der Waals surface area contributed by atoms with Crippen LogP contribution in [0.1, 0.15) is 11.1 Å². The van der Waals surface area contributed by atoms with E-state index in [4.69, 9.17) is 9.47 Å². The van der Waals surface area contributed by atoms with E-state index in [0.29, 0.717) is 11.4 Å². The number of nitriles is 1. The second kappa shape index (κ2) is 8.45. The van der Waals surface area contributed by atoms with E-state index < -0.39 is 21.8 Å². The first kappa shape index (κ1) is 22.7. The van der Waals surface area contributed by atoms with Crippen LogP contribution >= 0.6 is 11.3 Å². The van der Waals surface area contributed by atoms with E-state index in [0.717, 1.165) is 23.5 Å². The molecule has 3 aromatic rings. The van der Waals surface area contributed by atoms with Crippen LogP contribution in [0.2, 0.25) is 0 Å². The van der Waals surface area contributed by atoms with Gasteiger partial charge in [0.1, 0.15) is 29.1 Å². The van der Waals surface area contributed by atoms with Gasteiger partial charge in [0, 0.05) is 17.6 Å². The summed E-state index contributed by atoms with van der Waals surface area (Å²) in [5.74, 6) is 0.125. The fourth-order valence-corrected chi connectivity index (χ4v) is 5.27. The highest BCUT2D eigenvalue weighted by Crippen LogP contribution is 2.44. The first-order chi connectivity index (χ1) is 15.6. The molecule has 0 saturated heterocycles. The molecule has 0 unspecified atom stereocenters. The SMILES string of the molecule is COc1cc(C(F)(F)F)ccc1N1CCOc2cc(S(=O)(=O)Nc3nccs3)c(C#N)cc21. The number of hydrogen-bond acceptors (Lipinski definition) is 8. The zero-order chi connectivity index (χ0) is 23.8. The molecule has 13 heteroatoms. The topological polar surface area (TPSA) is 105 Å². The summed E-state index contributed by atoms with van der Waals surface area (Å²) in [7, 11) is -2.90. The summed E-state index contributed by atoms with van der Waals surface area (Å²) >= 11 is 1.07. The van der Waals surface area contributed by atoms with Gasteiger partial charge in [0.2, 0.25) is 0 Å². The number of rotatable bonds is 5. The normalized spacial score (nSPS) is 13.6. The van der Waals surface area contributed by atoms with E-state index in [-0.39, 0.29) is 40.2 Å². The lowest BCUT2D eigenvalue weighted by atomic mass is 10.1. The van der Waals surface area contributed by atoms with Gasteiger partial charge in [-0.1, -0.05) is 0 Å². The van der Waals surface area contributed by atoms with Crippen molar-refractivity contribution < 1.29 is 31.1 Å². The number of thiazole rings is 1. The number of nitrogens with one attached hydrogen (secondary N) is 1. The van der Waals surface area contributed by atoms with Gasteiger partial charge in [0.25, 0.3) is 10.0 Å². The van der Waals surface area contributed by atoms with Crippen molar-refractivity contribution in [2.75, 3.05) is 29.9 Å². The minimum atomic E-state index is -4.55. The van der Waals surface area contributed by atoms with E-state index in [1.807, 2.05) is 6.07 Å². The van der Waals surface area contributed by atoms with E-state index in [2.05, 4.69) is 9.71 Å². The maximum absolute atomic E-state index is 13.1. The maximum atomic E-state index is 13.1. The van der Waals surface area contributed by atoms with Crippen molar-refractivity contribution in [1.82, 2.24) is 4.98 Å². The molecule has 0 fully saturated rings. The number of alkyl halides is 3. The largest absolute Gasteiger partial charge is 0.495 e. The second-order valence-corrected chi connectivity index (χ2v) is 9.30. The van der Waals surface area contributed by atoms with Gasteiger partial charge in [0.15, 0.2) is 5.13 Å². The number of sulfonamides is 1. The highest BCUT2D eigenvalue weighted by molar-refractivity contribution is 7.93. The van der Waals surface area contributed by atoms with Crippen molar-refractivity contribution in [3.63, 3.8) is 0 Å². The molecule has 0 aliphatic carbocycles. The summed E-state index contributed by atoms with van der Waals surface area (Å²) in [4.78, 5) is 5.19. The van der Waals surface area contributed by atoms with Gasteiger partial charge < -0.3 is 14.4 Å². The Bertz CT molecular complexity index is 1340. The van der Waals surface area contributed by atoms with E-state index in [1.54, 1.807) is 10.3 Å². The number of halogens is 3. The third kappa shape index (κ3) is 4.39. The Morgan fingerprint density at radius 2 is 2.06 bits per heavy atom. The molecule has 1 aliphatic rings. The Kier molecular flexibility index (Phi) is 5.81. The molecule has 0 bridgehead atoms. The molecule has 2 aromatic carbocycles. The van der Waals surface area contributed by atoms with Gasteiger partial charge in [-0.05, 0) is 24.3 Å². The smallest absolute Gasteiger partial charge is 0.416 e. The first-order valence-corrected chi connectivity index (χ1v) is 11.7. The third-order valence-electron chi connectivity index (χ3n) is 4.79. The lowest BCUT2D eigenvalue weighted by Crippen LogP contribution is -2.29. The quantitative estimate of drug-likeness (QED) is 0.559. The lowest BCUT2D eigenvalue weighted by molar-refractivity contribution is -0.137. The molecular weight excluding hydrogens is 481 g/mol. The monoisotopic (exact) mass is 496 g/mol. The predicted octanol–water partition coefficient (Wildman–Crippen LogP) is 4.37. The summed E-state index contributed by atoms with van der Waals surface area (Å²) in [5, 5.41) is 11.4. The molecule has 0 saturated carbocycles. The zero-order valence-corrected chi connectivity index (χ0v) is 18.5. The lowest BCUT2D eigenvalue weighted by Gasteiger charge is -2.33. The summed E-state index contributed by atoms with van der Waals surface area (Å²) in [6.45, 7) is 0.367. The predicted molar refractivity (Wildman–Crippen MR) is 115 cm³/mol. The Hall–Kier alpha value is -3.50. The van der Waals surface area contributed by atoms with Crippen molar-refractivity contribution in [3.05, 3.63) is 53.0 Å². The Labute approximate surface area is 190 Å². The van der Waals surface area contributed by atoms with Crippen LogP contribution in [0.25, 0.3) is 0 Å². The van der Waals surface area contributed by atoms with Gasteiger partial charge in [0.05, 0.1) is 36.2 Å². The molecule has 4 rings (SSSR count). The minimum Gasteiger partial charge on any atom is -0.495 e. The average Bonchev–Trinajstić information content (AvgIpc) is 3.29. The Balaban J connectivity index is 1.79. The van der Waals surface area contributed by atoms with Gasteiger partial charge >= 0.3 is 6.18 Å². The molecule has 8 nitrogen and oxygen atoms in total. The number of methoxy groups -OCH3 is 1. The van der Waals surface area contributed by atoms with Crippen LogP contribution in [0, 0.1) is 11.3 Å². The van der Waals surface area contributed by atoms with Crippen LogP contribution < -0.4 is 19.1 Å². The molecule has 1 aliphatic heterocycles. The number of anilines is 3. The molecule has 0 radical (unpaired) electrons. The number of aromatic nitrogens is 1. The average molecular weight is 496 g/mol. The number of fused-ring (bicyclic) bond motifs is 1. The molecule has 2 heterocycles. The molecule has 0 atom stereocenters. The summed E-state index contributed by atoms with van der Waals surface area (Å²) in [6.07, 6.45) is -3.12. The fourth-order valence-electron chi connectivity index (χ4n) is 3.32. The van der Waals surface area contributed by atoms with E-state index in [9.17, 15) is 26.9 Å². The molecule has 1 N–H and O–H groups in total. The number of ether oxygens (including phenoxy) is 2. The highest BCUT2D eigenvalue weighted by Gasteiger charge is 2.33. The zero-order valence-electron chi connectivity index (χ0n) is 16.9. The second-order valence-electron chi connectivity index (χ2n) is 6.76. The van der Waals surface area contributed by atoms with Crippen LogP contribution in [-0.4, -0.2) is 33.7 Å². The summed E-state index contributed by atoms with van der Waals surface area (Å²) < 4.78 is 78.2. The van der Waals surface area contributed by atoms with Crippen molar-refractivity contribution in [1.29, 1.82) is 5.26 Å². The molecule has 33 heavy (non-hydrogen) atoms. The molecule has 0 spiro atoms. The molecule has 0 amide bonds. The summed E-state index contributed by atoms with van der Waals surface area (Å²) in [6, 6.07) is 7.47. The van der Waals surface area contributed by atoms with Crippen LogP contribution in [0.5, 0.6) is 11.5 Å². The van der Waals surface area contributed by atoms with Crippen LogP contribution in [0.4, 0.5) is 29.7 Å². The standard InChI is InChI=1S/C20H15F3N4O4S2/c1-30-16-9-13(20(21,22)23)2-3-14(16)27-5-6-31-17-10-18(12(11-24)8-15(17)27)33(28,29)26-19-25-4-7-32-19/h2-4,7-10H,5-6H2,1H3,(H,25,26). The minimum absolute atomic E-state index is 0.0293. The number of hydrogen-bond donors (Lipinski definition) is 1. The van der Waals surface area contributed by atoms with Gasteiger partial charge in [-0.15, -0.1) is 11.3 Å². The van der Waals surface area contributed by atoms with Crippen molar-refractivity contribution in [2.45, 2.75) is 11.1 Å². The van der Waals surface area contributed by atoms with Crippen molar-refractivity contribution in [3.8, 4) is 17.6 Å². The Morgan fingerprint density at radius 1 is 1.27 bits per heavy atom. The van der Waals surface area contributed by atoms with Gasteiger partial charge in [-0.25, -0.2) is 13.4 Å². The third-order valence-corrected chi connectivity index (χ3v) is 6.98. The number of benzene rings is 2. The van der Waals surface area contributed by atoms with Crippen molar-refractivity contribution >= 4 is 37.9 Å². The van der Waals surface area contributed by atoms with Gasteiger partial charge in [-0.3, -0.25) is 4.72 Å². The van der Waals surface area contributed by atoms with Crippen LogP contribution in [-0.2, 0) is 16.2 Å². The molecule has 1 aromatic heterocycles.